The highest BCUT2D eigenvalue weighted by Crippen LogP contribution is 2.17. The lowest BCUT2D eigenvalue weighted by atomic mass is 9.96. The molecule has 23 heavy (non-hydrogen) atoms. The standard InChI is InChI=1S/C21H27NO/c1-3-7-18(8-4-1)17-19-11-13-21(14-12-19)23-16-15-22-20-9-5-2-6-10-20/h1,3-4,7-8,11-14,20,22H,2,5-6,9-10,15-17H2. The van der Waals surface area contributed by atoms with Crippen molar-refractivity contribution in [2.24, 2.45) is 0 Å². The van der Waals surface area contributed by atoms with Crippen LogP contribution in [0.5, 0.6) is 5.75 Å². The van der Waals surface area contributed by atoms with Gasteiger partial charge in [0.25, 0.3) is 0 Å². The molecule has 0 bridgehead atoms. The average molecular weight is 309 g/mol. The van der Waals surface area contributed by atoms with Gasteiger partial charge in [-0.1, -0.05) is 61.7 Å². The van der Waals surface area contributed by atoms with E-state index in [4.69, 9.17) is 4.74 Å². The Morgan fingerprint density at radius 1 is 0.826 bits per heavy atom. The summed E-state index contributed by atoms with van der Waals surface area (Å²) >= 11 is 0. The molecule has 122 valence electrons. The fourth-order valence-corrected chi connectivity index (χ4v) is 3.27. The van der Waals surface area contributed by atoms with Gasteiger partial charge in [0.1, 0.15) is 12.4 Å². The van der Waals surface area contributed by atoms with E-state index in [1.54, 1.807) is 0 Å². The van der Waals surface area contributed by atoms with Gasteiger partial charge in [0.15, 0.2) is 0 Å². The third-order valence-corrected chi connectivity index (χ3v) is 4.58. The Bertz CT molecular complexity index is 558. The van der Waals surface area contributed by atoms with E-state index in [1.807, 2.05) is 0 Å². The van der Waals surface area contributed by atoms with Crippen LogP contribution in [0.3, 0.4) is 0 Å². The molecule has 2 aromatic carbocycles. The zero-order valence-corrected chi connectivity index (χ0v) is 13.8. The smallest absolute Gasteiger partial charge is 0.119 e. The van der Waals surface area contributed by atoms with Crippen molar-refractivity contribution in [3.8, 4) is 5.75 Å². The lowest BCUT2D eigenvalue weighted by molar-refractivity contribution is 0.289. The molecule has 1 aliphatic carbocycles. The van der Waals surface area contributed by atoms with E-state index in [0.29, 0.717) is 6.04 Å². The van der Waals surface area contributed by atoms with E-state index in [2.05, 4.69) is 59.9 Å². The van der Waals surface area contributed by atoms with Gasteiger partial charge in [0, 0.05) is 12.6 Å². The van der Waals surface area contributed by atoms with E-state index in [9.17, 15) is 0 Å². The van der Waals surface area contributed by atoms with E-state index in [-0.39, 0.29) is 0 Å². The Morgan fingerprint density at radius 2 is 1.52 bits per heavy atom. The van der Waals surface area contributed by atoms with Crippen LogP contribution in [0.15, 0.2) is 54.6 Å². The summed E-state index contributed by atoms with van der Waals surface area (Å²) in [6.45, 7) is 1.69. The summed E-state index contributed by atoms with van der Waals surface area (Å²) in [4.78, 5) is 0. The van der Waals surface area contributed by atoms with Gasteiger partial charge in [-0.2, -0.15) is 0 Å². The van der Waals surface area contributed by atoms with Crippen molar-refractivity contribution >= 4 is 0 Å². The van der Waals surface area contributed by atoms with Gasteiger partial charge in [0.2, 0.25) is 0 Å². The van der Waals surface area contributed by atoms with Crippen LogP contribution < -0.4 is 10.1 Å². The molecular weight excluding hydrogens is 282 g/mol. The second-order valence-corrected chi connectivity index (χ2v) is 6.44. The van der Waals surface area contributed by atoms with Crippen LogP contribution in [-0.2, 0) is 6.42 Å². The minimum Gasteiger partial charge on any atom is -0.492 e. The molecule has 0 atom stereocenters. The summed E-state index contributed by atoms with van der Waals surface area (Å²) < 4.78 is 5.84. The minimum atomic E-state index is 0.709. The third kappa shape index (κ3) is 5.40. The molecule has 0 radical (unpaired) electrons. The maximum Gasteiger partial charge on any atom is 0.119 e. The number of hydrogen-bond donors (Lipinski definition) is 1. The Kier molecular flexibility index (Phi) is 6.10. The largest absolute Gasteiger partial charge is 0.492 e. The number of nitrogens with one attached hydrogen (secondary N) is 1. The molecule has 0 aliphatic heterocycles. The van der Waals surface area contributed by atoms with Crippen LogP contribution >= 0.6 is 0 Å². The first-order valence-electron chi connectivity index (χ1n) is 8.89. The molecule has 0 saturated heterocycles. The van der Waals surface area contributed by atoms with Crippen molar-refractivity contribution in [3.63, 3.8) is 0 Å². The first kappa shape index (κ1) is 16.1. The van der Waals surface area contributed by atoms with Gasteiger partial charge in [-0.3, -0.25) is 0 Å². The number of hydrogen-bond acceptors (Lipinski definition) is 2. The fourth-order valence-electron chi connectivity index (χ4n) is 3.27. The topological polar surface area (TPSA) is 21.3 Å². The Balaban J connectivity index is 1.39. The number of rotatable bonds is 7. The molecule has 2 aromatic rings. The highest BCUT2D eigenvalue weighted by molar-refractivity contribution is 5.31. The molecule has 0 unspecified atom stereocenters. The number of ether oxygens (including phenoxy) is 1. The van der Waals surface area contributed by atoms with Gasteiger partial charge >= 0.3 is 0 Å². The van der Waals surface area contributed by atoms with Gasteiger partial charge in [-0.15, -0.1) is 0 Å². The summed E-state index contributed by atoms with van der Waals surface area (Å²) in [6, 6.07) is 19.8. The Morgan fingerprint density at radius 3 is 2.26 bits per heavy atom. The first-order valence-corrected chi connectivity index (χ1v) is 8.89. The summed E-state index contributed by atoms with van der Waals surface area (Å²) in [7, 11) is 0. The maximum atomic E-state index is 5.84. The molecule has 0 spiro atoms. The van der Waals surface area contributed by atoms with E-state index < -0.39 is 0 Å². The molecule has 2 nitrogen and oxygen atoms in total. The van der Waals surface area contributed by atoms with Crippen molar-refractivity contribution in [2.45, 2.75) is 44.6 Å². The Hall–Kier alpha value is -1.80. The van der Waals surface area contributed by atoms with Crippen molar-refractivity contribution in [2.75, 3.05) is 13.2 Å². The molecular formula is C21H27NO. The van der Waals surface area contributed by atoms with Crippen LogP contribution in [0, 0.1) is 0 Å². The molecule has 0 amide bonds. The first-order chi connectivity index (χ1) is 11.4. The molecule has 1 N–H and O–H groups in total. The molecule has 1 saturated carbocycles. The third-order valence-electron chi connectivity index (χ3n) is 4.58. The van der Waals surface area contributed by atoms with Crippen LogP contribution in [0.2, 0.25) is 0 Å². The quantitative estimate of drug-likeness (QED) is 0.756. The van der Waals surface area contributed by atoms with Crippen molar-refractivity contribution in [1.82, 2.24) is 5.32 Å². The molecule has 2 heteroatoms. The van der Waals surface area contributed by atoms with Crippen LogP contribution in [-0.4, -0.2) is 19.2 Å². The lowest BCUT2D eigenvalue weighted by Gasteiger charge is -2.22. The second-order valence-electron chi connectivity index (χ2n) is 6.44. The predicted molar refractivity (Wildman–Crippen MR) is 96.1 cm³/mol. The van der Waals surface area contributed by atoms with Crippen LogP contribution in [0.25, 0.3) is 0 Å². The summed E-state index contributed by atoms with van der Waals surface area (Å²) in [5.41, 5.74) is 2.67. The van der Waals surface area contributed by atoms with Gasteiger partial charge in [-0.25, -0.2) is 0 Å². The van der Waals surface area contributed by atoms with Crippen molar-refractivity contribution in [3.05, 3.63) is 65.7 Å². The SMILES string of the molecule is c1ccc(Cc2ccc(OCCNC3CCCCC3)cc2)cc1. The Labute approximate surface area is 139 Å². The highest BCUT2D eigenvalue weighted by Gasteiger charge is 2.11. The number of benzene rings is 2. The lowest BCUT2D eigenvalue weighted by Crippen LogP contribution is -2.34. The predicted octanol–water partition coefficient (Wildman–Crippen LogP) is 4.58. The van der Waals surface area contributed by atoms with E-state index in [0.717, 1.165) is 25.3 Å². The van der Waals surface area contributed by atoms with Gasteiger partial charge in [0.05, 0.1) is 0 Å². The van der Waals surface area contributed by atoms with Gasteiger partial charge in [-0.05, 0) is 42.5 Å². The summed E-state index contributed by atoms with van der Waals surface area (Å²) in [6.07, 6.45) is 7.79. The highest BCUT2D eigenvalue weighted by atomic mass is 16.5. The monoisotopic (exact) mass is 309 g/mol. The summed E-state index contributed by atoms with van der Waals surface area (Å²) in [5, 5.41) is 3.61. The zero-order valence-electron chi connectivity index (χ0n) is 13.8. The minimum absolute atomic E-state index is 0.709. The van der Waals surface area contributed by atoms with E-state index >= 15 is 0 Å². The van der Waals surface area contributed by atoms with E-state index in [1.165, 1.54) is 43.2 Å². The van der Waals surface area contributed by atoms with Crippen molar-refractivity contribution < 1.29 is 4.74 Å². The average Bonchev–Trinajstić information content (AvgIpc) is 2.62. The van der Waals surface area contributed by atoms with Gasteiger partial charge < -0.3 is 10.1 Å². The zero-order chi connectivity index (χ0) is 15.7. The van der Waals surface area contributed by atoms with Crippen molar-refractivity contribution in [1.29, 1.82) is 0 Å². The fraction of sp³-hybridized carbons (Fsp3) is 0.429. The molecule has 0 aromatic heterocycles. The second kappa shape index (κ2) is 8.73. The normalized spacial score (nSPS) is 15.5. The molecule has 1 aliphatic rings. The summed E-state index contributed by atoms with van der Waals surface area (Å²) in [5.74, 6) is 0.965. The molecule has 3 rings (SSSR count). The van der Waals surface area contributed by atoms with Crippen LogP contribution in [0.4, 0.5) is 0 Å². The molecule has 0 heterocycles. The molecule has 1 fully saturated rings. The van der Waals surface area contributed by atoms with Crippen LogP contribution in [0.1, 0.15) is 43.2 Å². The maximum absolute atomic E-state index is 5.84.